The van der Waals surface area contributed by atoms with Crippen LogP contribution in [0.2, 0.25) is 0 Å². The number of urea groups is 1. The maximum atomic E-state index is 12.0. The van der Waals surface area contributed by atoms with Crippen LogP contribution in [0.1, 0.15) is 18.4 Å². The first-order valence-electron chi connectivity index (χ1n) is 5.58. The molecule has 1 aromatic carbocycles. The molecule has 0 aliphatic heterocycles. The minimum absolute atomic E-state index is 0.0580. The summed E-state index contributed by atoms with van der Waals surface area (Å²) in [6.07, 6.45) is 1.79. The van der Waals surface area contributed by atoms with Gasteiger partial charge in [0.1, 0.15) is 0 Å². The summed E-state index contributed by atoms with van der Waals surface area (Å²) in [7, 11) is -3.84. The Hall–Kier alpha value is -1.76. The van der Waals surface area contributed by atoms with E-state index in [-0.39, 0.29) is 10.9 Å². The van der Waals surface area contributed by atoms with E-state index in [0.29, 0.717) is 11.3 Å². The Balaban J connectivity index is 2.16. The molecular weight excluding hydrogens is 254 g/mol. The molecule has 0 atom stereocenters. The van der Waals surface area contributed by atoms with E-state index in [2.05, 4.69) is 5.32 Å². The maximum absolute atomic E-state index is 12.0. The minimum Gasteiger partial charge on any atom is -0.399 e. The molecule has 0 saturated heterocycles. The van der Waals surface area contributed by atoms with Gasteiger partial charge < -0.3 is 11.1 Å². The first-order chi connectivity index (χ1) is 8.38. The number of carbonyl (C=O) groups excluding carboxylic acids is 1. The summed E-state index contributed by atoms with van der Waals surface area (Å²) in [6, 6.07) is 3.84. The number of amides is 2. The Labute approximate surface area is 106 Å². The Kier molecular flexibility index (Phi) is 3.16. The zero-order valence-corrected chi connectivity index (χ0v) is 10.8. The van der Waals surface area contributed by atoms with Crippen molar-refractivity contribution >= 4 is 21.7 Å². The SMILES string of the molecule is Cc1cc(N)ccc1S(=O)(=O)NC(=O)NC1CC1. The van der Waals surface area contributed by atoms with Crippen molar-refractivity contribution in [3.05, 3.63) is 23.8 Å². The molecule has 1 fully saturated rings. The van der Waals surface area contributed by atoms with Crippen molar-refractivity contribution < 1.29 is 13.2 Å². The third kappa shape index (κ3) is 2.92. The highest BCUT2D eigenvalue weighted by atomic mass is 32.2. The molecule has 18 heavy (non-hydrogen) atoms. The number of aryl methyl sites for hydroxylation is 1. The van der Waals surface area contributed by atoms with E-state index in [0.717, 1.165) is 12.8 Å². The first-order valence-corrected chi connectivity index (χ1v) is 7.06. The summed E-state index contributed by atoms with van der Waals surface area (Å²) in [5.41, 5.74) is 6.53. The van der Waals surface area contributed by atoms with Crippen molar-refractivity contribution in [2.45, 2.75) is 30.7 Å². The molecule has 4 N–H and O–H groups in total. The molecule has 0 heterocycles. The fourth-order valence-electron chi connectivity index (χ4n) is 1.59. The highest BCUT2D eigenvalue weighted by Crippen LogP contribution is 2.19. The van der Waals surface area contributed by atoms with Crippen LogP contribution in [0, 0.1) is 6.92 Å². The number of carbonyl (C=O) groups is 1. The quantitative estimate of drug-likeness (QED) is 0.704. The number of hydrogen-bond acceptors (Lipinski definition) is 4. The minimum atomic E-state index is -3.84. The lowest BCUT2D eigenvalue weighted by atomic mass is 10.2. The average Bonchev–Trinajstić information content (AvgIpc) is 2.99. The normalized spacial score (nSPS) is 15.2. The monoisotopic (exact) mass is 269 g/mol. The second-order valence-corrected chi connectivity index (χ2v) is 6.03. The van der Waals surface area contributed by atoms with Gasteiger partial charge in [-0.15, -0.1) is 0 Å². The van der Waals surface area contributed by atoms with E-state index in [1.807, 2.05) is 4.72 Å². The Morgan fingerprint density at radius 2 is 2.06 bits per heavy atom. The molecule has 0 aromatic heterocycles. The molecule has 1 saturated carbocycles. The molecule has 1 aliphatic carbocycles. The molecule has 0 unspecified atom stereocenters. The lowest BCUT2D eigenvalue weighted by molar-refractivity contribution is 0.245. The number of benzene rings is 1. The molecule has 0 bridgehead atoms. The van der Waals surface area contributed by atoms with Gasteiger partial charge in [-0.3, -0.25) is 0 Å². The van der Waals surface area contributed by atoms with Crippen LogP contribution < -0.4 is 15.8 Å². The summed E-state index contributed by atoms with van der Waals surface area (Å²) < 4.78 is 25.9. The van der Waals surface area contributed by atoms with Crippen LogP contribution in [0.4, 0.5) is 10.5 Å². The predicted molar refractivity (Wildman–Crippen MR) is 67.5 cm³/mol. The van der Waals surface area contributed by atoms with Crippen LogP contribution in [0.5, 0.6) is 0 Å². The molecule has 7 heteroatoms. The van der Waals surface area contributed by atoms with Crippen molar-refractivity contribution in [2.24, 2.45) is 0 Å². The Morgan fingerprint density at radius 3 is 2.61 bits per heavy atom. The second kappa shape index (κ2) is 4.49. The van der Waals surface area contributed by atoms with Gasteiger partial charge in [-0.1, -0.05) is 0 Å². The van der Waals surface area contributed by atoms with Gasteiger partial charge in [0, 0.05) is 11.7 Å². The van der Waals surface area contributed by atoms with E-state index < -0.39 is 16.1 Å². The highest BCUT2D eigenvalue weighted by Gasteiger charge is 2.26. The number of nitrogen functional groups attached to an aromatic ring is 1. The number of sulfonamides is 1. The molecular formula is C11H15N3O3S. The maximum Gasteiger partial charge on any atom is 0.328 e. The van der Waals surface area contributed by atoms with Crippen molar-refractivity contribution in [3.8, 4) is 0 Å². The smallest absolute Gasteiger partial charge is 0.328 e. The van der Waals surface area contributed by atoms with Gasteiger partial charge in [0.05, 0.1) is 4.90 Å². The molecule has 1 aliphatic rings. The number of nitrogens with two attached hydrogens (primary N) is 1. The zero-order chi connectivity index (χ0) is 13.3. The molecule has 0 radical (unpaired) electrons. The Bertz CT molecular complexity index is 579. The van der Waals surface area contributed by atoms with Gasteiger partial charge in [0.25, 0.3) is 10.0 Å². The molecule has 98 valence electrons. The van der Waals surface area contributed by atoms with E-state index in [9.17, 15) is 13.2 Å². The van der Waals surface area contributed by atoms with E-state index >= 15 is 0 Å². The van der Waals surface area contributed by atoms with Crippen LogP contribution in [-0.4, -0.2) is 20.5 Å². The number of hydrogen-bond donors (Lipinski definition) is 3. The van der Waals surface area contributed by atoms with Crippen LogP contribution in [0.15, 0.2) is 23.1 Å². The van der Waals surface area contributed by atoms with Gasteiger partial charge in [-0.2, -0.15) is 0 Å². The summed E-state index contributed by atoms with van der Waals surface area (Å²) in [5, 5.41) is 2.56. The van der Waals surface area contributed by atoms with Gasteiger partial charge in [0.15, 0.2) is 0 Å². The summed E-state index contributed by atoms with van der Waals surface area (Å²) in [4.78, 5) is 11.5. The molecule has 2 rings (SSSR count). The number of anilines is 1. The zero-order valence-electron chi connectivity index (χ0n) is 9.93. The van der Waals surface area contributed by atoms with Crippen molar-refractivity contribution in [1.82, 2.24) is 10.0 Å². The van der Waals surface area contributed by atoms with Gasteiger partial charge >= 0.3 is 6.03 Å². The molecule has 0 spiro atoms. The van der Waals surface area contributed by atoms with Crippen LogP contribution in [0.25, 0.3) is 0 Å². The van der Waals surface area contributed by atoms with Crippen molar-refractivity contribution in [1.29, 1.82) is 0 Å². The topological polar surface area (TPSA) is 101 Å². The summed E-state index contributed by atoms with van der Waals surface area (Å²) in [6.45, 7) is 1.63. The second-order valence-electron chi connectivity index (χ2n) is 4.38. The third-order valence-corrected chi connectivity index (χ3v) is 4.12. The fourth-order valence-corrected chi connectivity index (χ4v) is 2.74. The molecule has 6 nitrogen and oxygen atoms in total. The molecule has 2 amide bonds. The average molecular weight is 269 g/mol. The third-order valence-electron chi connectivity index (χ3n) is 2.63. The van der Waals surface area contributed by atoms with Gasteiger partial charge in [0.2, 0.25) is 0 Å². The Morgan fingerprint density at radius 1 is 1.39 bits per heavy atom. The largest absolute Gasteiger partial charge is 0.399 e. The predicted octanol–water partition coefficient (Wildman–Crippen LogP) is 0.728. The van der Waals surface area contributed by atoms with Crippen LogP contribution >= 0.6 is 0 Å². The van der Waals surface area contributed by atoms with Gasteiger partial charge in [-0.25, -0.2) is 17.9 Å². The first kappa shape index (κ1) is 12.7. The lowest BCUT2D eigenvalue weighted by Crippen LogP contribution is -2.40. The lowest BCUT2D eigenvalue weighted by Gasteiger charge is -2.10. The fraction of sp³-hybridized carbons (Fsp3) is 0.364. The standard InChI is InChI=1S/C11H15N3O3S/c1-7-6-8(12)2-5-10(7)18(16,17)14-11(15)13-9-3-4-9/h2,5-6,9H,3-4,12H2,1H3,(H2,13,14,15). The van der Waals surface area contributed by atoms with Crippen molar-refractivity contribution in [2.75, 3.05) is 5.73 Å². The van der Waals surface area contributed by atoms with E-state index in [1.165, 1.54) is 12.1 Å². The van der Waals surface area contributed by atoms with Gasteiger partial charge in [-0.05, 0) is 43.5 Å². The summed E-state index contributed by atoms with van der Waals surface area (Å²) in [5.74, 6) is 0. The summed E-state index contributed by atoms with van der Waals surface area (Å²) >= 11 is 0. The number of nitrogens with one attached hydrogen (secondary N) is 2. The van der Waals surface area contributed by atoms with Crippen molar-refractivity contribution in [3.63, 3.8) is 0 Å². The number of rotatable bonds is 3. The van der Waals surface area contributed by atoms with E-state index in [4.69, 9.17) is 5.73 Å². The highest BCUT2D eigenvalue weighted by molar-refractivity contribution is 7.90. The van der Waals surface area contributed by atoms with Crippen LogP contribution in [0.3, 0.4) is 0 Å². The molecule has 1 aromatic rings. The van der Waals surface area contributed by atoms with Crippen LogP contribution in [-0.2, 0) is 10.0 Å². The van der Waals surface area contributed by atoms with E-state index in [1.54, 1.807) is 13.0 Å².